The summed E-state index contributed by atoms with van der Waals surface area (Å²) in [7, 11) is 0. The summed E-state index contributed by atoms with van der Waals surface area (Å²) >= 11 is 1.99. The summed E-state index contributed by atoms with van der Waals surface area (Å²) in [4.78, 5) is 12.0. The van der Waals surface area contributed by atoms with Gasteiger partial charge in [-0.15, -0.1) is 11.8 Å². The van der Waals surface area contributed by atoms with E-state index in [0.29, 0.717) is 24.9 Å². The molecule has 0 saturated carbocycles. The molecule has 1 fully saturated rings. The van der Waals surface area contributed by atoms with Crippen LogP contribution in [0.1, 0.15) is 115 Å². The minimum Gasteiger partial charge on any atom is -0.492 e. The number of amides is 1. The fraction of sp³-hybridized carbons (Fsp3) is 0.767. The highest BCUT2D eigenvalue weighted by molar-refractivity contribution is 8.00. The Morgan fingerprint density at radius 3 is 2.00 bits per heavy atom. The SMILES string of the molecule is CCCCCCCCCCCCCCCCCC(=O)NCCOc1ccc(CC2NCCS2)cc1. The van der Waals surface area contributed by atoms with Crippen LogP contribution in [0, 0.1) is 0 Å². The van der Waals surface area contributed by atoms with Gasteiger partial charge in [0.25, 0.3) is 0 Å². The van der Waals surface area contributed by atoms with Crippen LogP contribution in [0.3, 0.4) is 0 Å². The van der Waals surface area contributed by atoms with E-state index in [1.165, 1.54) is 101 Å². The maximum Gasteiger partial charge on any atom is 0.220 e. The van der Waals surface area contributed by atoms with Gasteiger partial charge in [-0.3, -0.25) is 4.79 Å². The van der Waals surface area contributed by atoms with Crippen LogP contribution in [0.5, 0.6) is 5.75 Å². The van der Waals surface area contributed by atoms with Crippen molar-refractivity contribution in [1.29, 1.82) is 0 Å². The van der Waals surface area contributed by atoms with Gasteiger partial charge >= 0.3 is 0 Å². The van der Waals surface area contributed by atoms with Gasteiger partial charge in [-0.2, -0.15) is 0 Å². The van der Waals surface area contributed by atoms with E-state index >= 15 is 0 Å². The van der Waals surface area contributed by atoms with Crippen LogP contribution in [0.15, 0.2) is 24.3 Å². The number of carbonyl (C=O) groups is 1. The Morgan fingerprint density at radius 1 is 0.886 bits per heavy atom. The first-order chi connectivity index (χ1) is 17.3. The van der Waals surface area contributed by atoms with Gasteiger partial charge in [0.15, 0.2) is 0 Å². The number of hydrogen-bond acceptors (Lipinski definition) is 4. The minimum absolute atomic E-state index is 0.153. The van der Waals surface area contributed by atoms with Crippen LogP contribution >= 0.6 is 11.8 Å². The molecule has 1 aliphatic rings. The molecule has 5 heteroatoms. The molecule has 1 saturated heterocycles. The zero-order chi connectivity index (χ0) is 24.8. The normalized spacial score (nSPS) is 15.4. The Balaban J connectivity index is 1.32. The molecule has 1 aromatic rings. The summed E-state index contributed by atoms with van der Waals surface area (Å²) in [6.07, 6.45) is 21.9. The smallest absolute Gasteiger partial charge is 0.220 e. The van der Waals surface area contributed by atoms with Crippen LogP contribution < -0.4 is 15.4 Å². The van der Waals surface area contributed by atoms with Crippen LogP contribution in [0.25, 0.3) is 0 Å². The van der Waals surface area contributed by atoms with Crippen molar-refractivity contribution >= 4 is 17.7 Å². The predicted molar refractivity (Wildman–Crippen MR) is 152 cm³/mol. The van der Waals surface area contributed by atoms with E-state index < -0.39 is 0 Å². The van der Waals surface area contributed by atoms with Gasteiger partial charge in [-0.25, -0.2) is 0 Å². The number of rotatable bonds is 22. The van der Waals surface area contributed by atoms with Gasteiger partial charge in [0.2, 0.25) is 5.91 Å². The summed E-state index contributed by atoms with van der Waals surface area (Å²) in [6.45, 7) is 4.48. The summed E-state index contributed by atoms with van der Waals surface area (Å²) < 4.78 is 5.78. The quantitative estimate of drug-likeness (QED) is 0.159. The Bertz CT molecular complexity index is 632. The number of thioether (sulfide) groups is 1. The monoisotopic (exact) mass is 504 g/mol. The molecule has 0 bridgehead atoms. The molecule has 2 rings (SSSR count). The standard InChI is InChI=1S/C30H52N2O2S/c1-2-3-4-5-6-7-8-9-10-11-12-13-14-15-16-17-29(33)31-22-24-34-28-20-18-27(19-21-28)26-30-32-23-25-35-30/h18-21,30,32H,2-17,22-26H2,1H3,(H,31,33). The van der Waals surface area contributed by atoms with Crippen molar-refractivity contribution in [3.8, 4) is 5.75 Å². The Morgan fingerprint density at radius 2 is 1.46 bits per heavy atom. The summed E-state index contributed by atoms with van der Waals surface area (Å²) in [5, 5.41) is 7.04. The van der Waals surface area contributed by atoms with Crippen LogP contribution in [0.4, 0.5) is 0 Å². The minimum atomic E-state index is 0.153. The molecule has 1 amide bonds. The molecule has 200 valence electrons. The van der Waals surface area contributed by atoms with E-state index in [4.69, 9.17) is 4.74 Å². The van der Waals surface area contributed by atoms with E-state index in [1.54, 1.807) is 0 Å². The van der Waals surface area contributed by atoms with Crippen molar-refractivity contribution in [2.24, 2.45) is 0 Å². The zero-order valence-electron chi connectivity index (χ0n) is 22.5. The predicted octanol–water partition coefficient (Wildman–Crippen LogP) is 7.65. The molecule has 0 aliphatic carbocycles. The third-order valence-electron chi connectivity index (χ3n) is 6.84. The first-order valence-corrected chi connectivity index (χ1v) is 15.7. The molecule has 1 unspecified atom stereocenters. The molecular formula is C30H52N2O2S. The maximum atomic E-state index is 12.0. The summed E-state index contributed by atoms with van der Waals surface area (Å²) in [5.41, 5.74) is 1.33. The Kier molecular flexibility index (Phi) is 18.0. The Labute approximate surface area is 220 Å². The molecule has 1 atom stereocenters. The number of nitrogens with one attached hydrogen (secondary N) is 2. The lowest BCUT2D eigenvalue weighted by Crippen LogP contribution is -2.27. The number of carbonyl (C=O) groups excluding carboxylic acids is 1. The molecule has 1 aromatic carbocycles. The highest BCUT2D eigenvalue weighted by Crippen LogP contribution is 2.20. The van der Waals surface area contributed by atoms with Gasteiger partial charge < -0.3 is 15.4 Å². The molecule has 0 aromatic heterocycles. The van der Waals surface area contributed by atoms with Crippen LogP contribution in [-0.4, -0.2) is 36.7 Å². The van der Waals surface area contributed by atoms with E-state index in [-0.39, 0.29) is 5.91 Å². The fourth-order valence-electron chi connectivity index (χ4n) is 4.65. The van der Waals surface area contributed by atoms with Crippen LogP contribution in [-0.2, 0) is 11.2 Å². The first kappa shape index (κ1) is 30.0. The highest BCUT2D eigenvalue weighted by atomic mass is 32.2. The van der Waals surface area contributed by atoms with Crippen molar-refractivity contribution in [2.75, 3.05) is 25.4 Å². The number of hydrogen-bond donors (Lipinski definition) is 2. The van der Waals surface area contributed by atoms with Crippen molar-refractivity contribution in [3.05, 3.63) is 29.8 Å². The highest BCUT2D eigenvalue weighted by Gasteiger charge is 2.14. The number of unbranched alkanes of at least 4 members (excludes halogenated alkanes) is 14. The summed E-state index contributed by atoms with van der Waals surface area (Å²) in [5.74, 6) is 2.23. The largest absolute Gasteiger partial charge is 0.492 e. The molecule has 1 heterocycles. The first-order valence-electron chi connectivity index (χ1n) is 14.6. The molecule has 0 spiro atoms. The molecule has 0 radical (unpaired) electrons. The molecule has 35 heavy (non-hydrogen) atoms. The molecule has 1 aliphatic heterocycles. The summed E-state index contributed by atoms with van der Waals surface area (Å²) in [6, 6.07) is 8.36. The van der Waals surface area contributed by atoms with Crippen molar-refractivity contribution in [1.82, 2.24) is 10.6 Å². The molecular weight excluding hydrogens is 452 g/mol. The van der Waals surface area contributed by atoms with Gasteiger partial charge in [0.1, 0.15) is 12.4 Å². The molecule has 2 N–H and O–H groups in total. The van der Waals surface area contributed by atoms with Gasteiger partial charge in [-0.1, -0.05) is 109 Å². The van der Waals surface area contributed by atoms with Gasteiger partial charge in [0.05, 0.1) is 11.9 Å². The second kappa shape index (κ2) is 20.9. The maximum absolute atomic E-state index is 12.0. The lowest BCUT2D eigenvalue weighted by Gasteiger charge is -2.11. The zero-order valence-corrected chi connectivity index (χ0v) is 23.3. The van der Waals surface area contributed by atoms with Crippen LogP contribution in [0.2, 0.25) is 0 Å². The third-order valence-corrected chi connectivity index (χ3v) is 8.01. The Hall–Kier alpha value is -1.20. The molecule has 4 nitrogen and oxygen atoms in total. The number of ether oxygens (including phenoxy) is 1. The van der Waals surface area contributed by atoms with Gasteiger partial charge in [-0.05, 0) is 30.5 Å². The number of benzene rings is 1. The lowest BCUT2D eigenvalue weighted by molar-refractivity contribution is -0.121. The third kappa shape index (κ3) is 16.2. The van der Waals surface area contributed by atoms with E-state index in [2.05, 4.69) is 29.7 Å². The lowest BCUT2D eigenvalue weighted by atomic mass is 10.0. The van der Waals surface area contributed by atoms with Gasteiger partial charge in [0, 0.05) is 18.7 Å². The average molecular weight is 505 g/mol. The fourth-order valence-corrected chi connectivity index (χ4v) is 5.72. The van der Waals surface area contributed by atoms with E-state index in [9.17, 15) is 4.79 Å². The van der Waals surface area contributed by atoms with E-state index in [0.717, 1.165) is 25.1 Å². The van der Waals surface area contributed by atoms with Crippen molar-refractivity contribution in [3.63, 3.8) is 0 Å². The van der Waals surface area contributed by atoms with E-state index in [1.807, 2.05) is 23.9 Å². The topological polar surface area (TPSA) is 50.4 Å². The average Bonchev–Trinajstić information content (AvgIpc) is 3.38. The van der Waals surface area contributed by atoms with Crippen molar-refractivity contribution < 1.29 is 9.53 Å². The second-order valence-corrected chi connectivity index (χ2v) is 11.4. The second-order valence-electron chi connectivity index (χ2n) is 10.1. The van der Waals surface area contributed by atoms with Crippen molar-refractivity contribution in [2.45, 2.75) is 121 Å².